The van der Waals surface area contributed by atoms with Crippen LogP contribution in [0.3, 0.4) is 0 Å². The zero-order chi connectivity index (χ0) is 7.11. The lowest BCUT2D eigenvalue weighted by molar-refractivity contribution is -0.117. The Kier molecular flexibility index (Phi) is 5.94. The third-order valence-corrected chi connectivity index (χ3v) is 1.16. The predicted molar refractivity (Wildman–Crippen MR) is 43.7 cm³/mol. The molecule has 0 heterocycles. The molecular formula is C7H16OSi. The van der Waals surface area contributed by atoms with Gasteiger partial charge in [0, 0.05) is 22.4 Å². The van der Waals surface area contributed by atoms with Gasteiger partial charge in [-0.25, -0.2) is 0 Å². The third kappa shape index (κ3) is 5.76. The Balaban J connectivity index is 0.000000187. The lowest BCUT2D eigenvalue weighted by Crippen LogP contribution is -1.81. The molecule has 0 saturated heterocycles. The van der Waals surface area contributed by atoms with Gasteiger partial charge in [0.1, 0.15) is 5.78 Å². The van der Waals surface area contributed by atoms with Crippen molar-refractivity contribution in [2.45, 2.75) is 38.8 Å². The summed E-state index contributed by atoms with van der Waals surface area (Å²) in [5, 5.41) is 0. The van der Waals surface area contributed by atoms with E-state index in [-0.39, 0.29) is 0 Å². The highest BCUT2D eigenvalue weighted by Gasteiger charge is 2.07. The molecule has 0 aromatic rings. The molecule has 0 aromatic heterocycles. The van der Waals surface area contributed by atoms with Crippen molar-refractivity contribution in [1.82, 2.24) is 0 Å². The van der Waals surface area contributed by atoms with Gasteiger partial charge in [0.25, 0.3) is 0 Å². The molecule has 1 aliphatic carbocycles. The second-order valence-electron chi connectivity index (χ2n) is 2.45. The Bertz CT molecular complexity index is 73.0. The summed E-state index contributed by atoms with van der Waals surface area (Å²) in [5.74, 6) is 0.454. The maximum absolute atomic E-state index is 10.2. The first-order valence-corrected chi connectivity index (χ1v) is 6.65. The molecule has 0 aliphatic heterocycles. The molecule has 1 fully saturated rings. The zero-order valence-electron chi connectivity index (χ0n) is 6.44. The van der Waals surface area contributed by atoms with E-state index in [2.05, 4.69) is 13.1 Å². The van der Waals surface area contributed by atoms with Gasteiger partial charge in [-0.1, -0.05) is 13.1 Å². The second-order valence-corrected chi connectivity index (χ2v) is 3.87. The van der Waals surface area contributed by atoms with Gasteiger partial charge in [-0.3, -0.25) is 4.79 Å². The molecular weight excluding hydrogens is 128 g/mol. The van der Waals surface area contributed by atoms with Crippen molar-refractivity contribution >= 4 is 15.3 Å². The van der Waals surface area contributed by atoms with Crippen molar-refractivity contribution in [3.05, 3.63) is 0 Å². The summed E-state index contributed by atoms with van der Waals surface area (Å²) >= 11 is 0. The average Bonchev–Trinajstić information content (AvgIpc) is 2.20. The minimum Gasteiger partial charge on any atom is -0.300 e. The van der Waals surface area contributed by atoms with E-state index in [9.17, 15) is 4.79 Å². The van der Waals surface area contributed by atoms with Crippen molar-refractivity contribution < 1.29 is 4.79 Å². The third-order valence-electron chi connectivity index (χ3n) is 1.16. The molecule has 0 aromatic carbocycles. The van der Waals surface area contributed by atoms with Crippen LogP contribution in [0.25, 0.3) is 0 Å². The van der Waals surface area contributed by atoms with E-state index in [1.807, 2.05) is 0 Å². The van der Waals surface area contributed by atoms with E-state index in [1.165, 1.54) is 0 Å². The highest BCUT2D eigenvalue weighted by molar-refractivity contribution is 6.31. The Hall–Kier alpha value is -0.113. The molecule has 1 rings (SSSR count). The SMILES string of the molecule is C[SiH2]C.O=C1CCCC1. The van der Waals surface area contributed by atoms with Crippen molar-refractivity contribution in [2.75, 3.05) is 0 Å². The van der Waals surface area contributed by atoms with Crippen molar-refractivity contribution in [3.8, 4) is 0 Å². The van der Waals surface area contributed by atoms with E-state index in [0.29, 0.717) is 15.3 Å². The lowest BCUT2D eigenvalue weighted by atomic mass is 10.4. The average molecular weight is 144 g/mol. The van der Waals surface area contributed by atoms with Crippen LogP contribution in [0.1, 0.15) is 25.7 Å². The molecule has 1 nitrogen and oxygen atoms in total. The number of hydrogen-bond acceptors (Lipinski definition) is 1. The summed E-state index contributed by atoms with van der Waals surface area (Å²) in [4.78, 5) is 10.2. The van der Waals surface area contributed by atoms with E-state index in [4.69, 9.17) is 0 Å². The maximum atomic E-state index is 10.2. The normalized spacial score (nSPS) is 16.9. The molecule has 0 unspecified atom stereocenters. The van der Waals surface area contributed by atoms with Gasteiger partial charge in [0.2, 0.25) is 0 Å². The van der Waals surface area contributed by atoms with Crippen LogP contribution in [0, 0.1) is 0 Å². The summed E-state index contributed by atoms with van der Waals surface area (Å²) in [5.41, 5.74) is 0. The Morgan fingerprint density at radius 1 is 1.22 bits per heavy atom. The fourth-order valence-corrected chi connectivity index (χ4v) is 0.769. The summed E-state index contributed by atoms with van der Waals surface area (Å²) in [6.07, 6.45) is 3.97. The molecule has 2 heteroatoms. The predicted octanol–water partition coefficient (Wildman–Crippen LogP) is 1.38. The standard InChI is InChI=1S/C5H8O.C2H8Si/c6-5-3-1-2-4-5;1-3-2/h1-4H2;3H2,1-2H3. The van der Waals surface area contributed by atoms with E-state index >= 15 is 0 Å². The molecule has 54 valence electrons. The van der Waals surface area contributed by atoms with Gasteiger partial charge >= 0.3 is 0 Å². The number of rotatable bonds is 0. The largest absolute Gasteiger partial charge is 0.300 e. The quantitative estimate of drug-likeness (QED) is 0.469. The highest BCUT2D eigenvalue weighted by Crippen LogP contribution is 2.11. The minimum absolute atomic E-state index is 0.417. The molecule has 0 radical (unpaired) electrons. The highest BCUT2D eigenvalue weighted by atomic mass is 28.2. The fourth-order valence-electron chi connectivity index (χ4n) is 0.769. The first-order chi connectivity index (χ1) is 4.31. The molecule has 0 atom stereocenters. The number of hydrogen-bond donors (Lipinski definition) is 0. The van der Waals surface area contributed by atoms with Crippen LogP contribution in [0.5, 0.6) is 0 Å². The molecule has 1 saturated carbocycles. The molecule has 1 aliphatic rings. The number of carbonyl (C=O) groups is 1. The molecule has 0 spiro atoms. The van der Waals surface area contributed by atoms with E-state index < -0.39 is 0 Å². The minimum atomic E-state index is 0.417. The number of carbonyl (C=O) groups excluding carboxylic acids is 1. The molecule has 0 N–H and O–H groups in total. The van der Waals surface area contributed by atoms with Gasteiger partial charge in [-0.05, 0) is 12.8 Å². The fraction of sp³-hybridized carbons (Fsp3) is 0.857. The summed E-state index contributed by atoms with van der Waals surface area (Å²) in [7, 11) is 0.417. The van der Waals surface area contributed by atoms with Gasteiger partial charge < -0.3 is 0 Å². The zero-order valence-corrected chi connectivity index (χ0v) is 7.86. The van der Waals surface area contributed by atoms with E-state index in [0.717, 1.165) is 25.7 Å². The Labute approximate surface area is 59.7 Å². The van der Waals surface area contributed by atoms with Crippen LogP contribution < -0.4 is 0 Å². The Morgan fingerprint density at radius 2 is 1.56 bits per heavy atom. The maximum Gasteiger partial charge on any atom is 0.132 e. The van der Waals surface area contributed by atoms with Gasteiger partial charge in [-0.2, -0.15) is 0 Å². The first-order valence-electron chi connectivity index (χ1n) is 3.83. The topological polar surface area (TPSA) is 17.1 Å². The van der Waals surface area contributed by atoms with E-state index in [1.54, 1.807) is 0 Å². The summed E-state index contributed by atoms with van der Waals surface area (Å²) in [6.45, 7) is 4.53. The number of Topliss-reactive ketones (excluding diaryl/α,β-unsaturated/α-hetero) is 1. The monoisotopic (exact) mass is 144 g/mol. The van der Waals surface area contributed by atoms with Crippen LogP contribution >= 0.6 is 0 Å². The smallest absolute Gasteiger partial charge is 0.132 e. The molecule has 0 amide bonds. The van der Waals surface area contributed by atoms with Crippen molar-refractivity contribution in [1.29, 1.82) is 0 Å². The second kappa shape index (κ2) is 6.01. The van der Waals surface area contributed by atoms with Crippen LogP contribution in [-0.2, 0) is 4.79 Å². The molecule has 0 bridgehead atoms. The number of ketones is 1. The van der Waals surface area contributed by atoms with Crippen molar-refractivity contribution in [2.24, 2.45) is 0 Å². The van der Waals surface area contributed by atoms with Crippen LogP contribution in [0.4, 0.5) is 0 Å². The van der Waals surface area contributed by atoms with Crippen molar-refractivity contribution in [3.63, 3.8) is 0 Å². The van der Waals surface area contributed by atoms with Crippen LogP contribution in [0.15, 0.2) is 0 Å². The van der Waals surface area contributed by atoms with Crippen LogP contribution in [-0.4, -0.2) is 15.3 Å². The van der Waals surface area contributed by atoms with Gasteiger partial charge in [-0.15, -0.1) is 0 Å². The summed E-state index contributed by atoms with van der Waals surface area (Å²) in [6, 6.07) is 0. The lowest BCUT2D eigenvalue weighted by Gasteiger charge is -1.71. The summed E-state index contributed by atoms with van der Waals surface area (Å²) < 4.78 is 0. The first kappa shape index (κ1) is 8.89. The van der Waals surface area contributed by atoms with Gasteiger partial charge in [0.05, 0.1) is 0 Å². The molecule has 9 heavy (non-hydrogen) atoms. The van der Waals surface area contributed by atoms with Crippen LogP contribution in [0.2, 0.25) is 13.1 Å². The Morgan fingerprint density at radius 3 is 1.67 bits per heavy atom. The van der Waals surface area contributed by atoms with Gasteiger partial charge in [0.15, 0.2) is 0 Å².